The third-order valence-electron chi connectivity index (χ3n) is 1.22. The van der Waals surface area contributed by atoms with Gasteiger partial charge in [0.25, 0.3) is 0 Å². The van der Waals surface area contributed by atoms with Crippen LogP contribution in [-0.4, -0.2) is 57.2 Å². The van der Waals surface area contributed by atoms with E-state index in [1.165, 1.54) is 0 Å². The number of aliphatic hydroxyl groups excluding tert-OH is 4. The summed E-state index contributed by atoms with van der Waals surface area (Å²) in [5.74, 6) is 0. The van der Waals surface area contributed by atoms with E-state index in [1.54, 1.807) is 0 Å². The molecule has 0 amide bonds. The van der Waals surface area contributed by atoms with Crippen LogP contribution in [0.25, 0.3) is 0 Å². The molecule has 0 spiro atoms. The first-order valence-electron chi connectivity index (χ1n) is 3.05. The van der Waals surface area contributed by atoms with Crippen LogP contribution in [0.4, 0.5) is 0 Å². The molecule has 0 aliphatic heterocycles. The summed E-state index contributed by atoms with van der Waals surface area (Å²) >= 11 is 0. The summed E-state index contributed by atoms with van der Waals surface area (Å²) < 4.78 is 0. The second kappa shape index (κ2) is 7.92. The minimum atomic E-state index is -1.52. The first-order valence-corrected chi connectivity index (χ1v) is 3.05. The fourth-order valence-electron chi connectivity index (χ4n) is 0.539. The molecule has 0 unspecified atom stereocenters. The topological polar surface area (TPSA) is 110 Å². The molecule has 6 nitrogen and oxygen atoms in total. The molecule has 74 valence electrons. The Kier molecular flexibility index (Phi) is 9.76. The maximum Gasteiger partial charge on any atom is 0.110 e. The van der Waals surface area contributed by atoms with Crippen LogP contribution in [0.3, 0.4) is 0 Å². The zero-order chi connectivity index (χ0) is 8.85. The van der Waals surface area contributed by atoms with Gasteiger partial charge in [0.15, 0.2) is 0 Å². The molecule has 0 aromatic heterocycles. The van der Waals surface area contributed by atoms with E-state index >= 15 is 0 Å². The molecule has 0 aromatic rings. The smallest absolute Gasteiger partial charge is 0.110 e. The Labute approximate surface area is 80.1 Å². The van der Waals surface area contributed by atoms with E-state index in [4.69, 9.17) is 25.7 Å². The van der Waals surface area contributed by atoms with Gasteiger partial charge in [0.05, 0.1) is 6.61 Å². The van der Waals surface area contributed by atoms with Gasteiger partial charge in [0.1, 0.15) is 24.9 Å². The van der Waals surface area contributed by atoms with Gasteiger partial charge >= 0.3 is 0 Å². The van der Waals surface area contributed by atoms with Crippen molar-refractivity contribution in [3.63, 3.8) is 0 Å². The molecule has 0 radical (unpaired) electrons. The summed E-state index contributed by atoms with van der Waals surface area (Å²) in [7, 11) is 0. The summed E-state index contributed by atoms with van der Waals surface area (Å²) in [5, 5.41) is 42.5. The zero-order valence-corrected chi connectivity index (χ0v) is 7.47. The van der Waals surface area contributed by atoms with Crippen LogP contribution in [0.5, 0.6) is 0 Å². The van der Waals surface area contributed by atoms with Gasteiger partial charge in [0, 0.05) is 17.4 Å². The van der Waals surface area contributed by atoms with Crippen molar-refractivity contribution in [1.82, 2.24) is 0 Å². The van der Waals surface area contributed by atoms with E-state index in [2.05, 4.69) is 4.89 Å². The van der Waals surface area contributed by atoms with Gasteiger partial charge in [-0.25, -0.2) is 4.89 Å². The second-order valence-corrected chi connectivity index (χ2v) is 2.10. The largest absolute Gasteiger partial charge is 0.394 e. The predicted octanol–water partition coefficient (Wildman–Crippen LogP) is -2.45. The molecule has 0 saturated carbocycles. The molecule has 0 fully saturated rings. The maximum absolute atomic E-state index is 8.87. The molecule has 7 heteroatoms. The summed E-state index contributed by atoms with van der Waals surface area (Å²) in [6, 6.07) is 0. The Morgan fingerprint density at radius 3 is 1.92 bits per heavy atom. The summed E-state index contributed by atoms with van der Waals surface area (Å²) in [6.07, 6.45) is -4.37. The van der Waals surface area contributed by atoms with E-state index in [1.807, 2.05) is 0 Å². The molecule has 3 atom stereocenters. The molecule has 0 heterocycles. The summed E-state index contributed by atoms with van der Waals surface area (Å²) in [6.45, 7) is -1.18. The van der Waals surface area contributed by atoms with E-state index in [0.717, 1.165) is 0 Å². The molecule has 0 bridgehead atoms. The Morgan fingerprint density at radius 2 is 1.58 bits per heavy atom. The Balaban J connectivity index is 0. The van der Waals surface area contributed by atoms with Crippen molar-refractivity contribution < 1.29 is 47.9 Å². The summed E-state index contributed by atoms with van der Waals surface area (Å²) in [5.41, 5.74) is 0. The van der Waals surface area contributed by atoms with Gasteiger partial charge in [-0.2, -0.15) is 0 Å². The first-order chi connectivity index (χ1) is 5.13. The average Bonchev–Trinajstić information content (AvgIpc) is 2.02. The van der Waals surface area contributed by atoms with Gasteiger partial charge in [-0.3, -0.25) is 5.26 Å². The number of rotatable bonds is 5. The van der Waals surface area contributed by atoms with Crippen LogP contribution < -0.4 is 0 Å². The average molecular weight is 220 g/mol. The first kappa shape index (κ1) is 14.8. The fraction of sp³-hybridized carbons (Fsp3) is 1.00. The monoisotopic (exact) mass is 220 g/mol. The molecule has 0 aliphatic carbocycles. The van der Waals surface area contributed by atoms with Crippen LogP contribution in [0.1, 0.15) is 0 Å². The number of aliphatic hydroxyl groups is 4. The SMILES string of the molecule is OC[C@@H](O)[C@H](O)[C@@H](O)COO.[Cr]. The van der Waals surface area contributed by atoms with Crippen molar-refractivity contribution in [3.8, 4) is 0 Å². The van der Waals surface area contributed by atoms with Gasteiger partial charge < -0.3 is 20.4 Å². The van der Waals surface area contributed by atoms with Crippen molar-refractivity contribution >= 4 is 0 Å². The molecule has 0 saturated heterocycles. The fourth-order valence-corrected chi connectivity index (χ4v) is 0.539. The van der Waals surface area contributed by atoms with Gasteiger partial charge in [-0.15, -0.1) is 0 Å². The van der Waals surface area contributed by atoms with Gasteiger partial charge in [-0.05, 0) is 0 Å². The number of hydrogen-bond acceptors (Lipinski definition) is 6. The molecular formula is C5H12CrO6. The van der Waals surface area contributed by atoms with Crippen LogP contribution >= 0.6 is 0 Å². The predicted molar refractivity (Wildman–Crippen MR) is 33.7 cm³/mol. The third-order valence-corrected chi connectivity index (χ3v) is 1.22. The molecule has 0 aromatic carbocycles. The molecule has 0 aliphatic rings. The van der Waals surface area contributed by atoms with Crippen molar-refractivity contribution in [3.05, 3.63) is 0 Å². The normalized spacial score (nSPS) is 17.8. The van der Waals surface area contributed by atoms with Crippen LogP contribution in [0, 0.1) is 0 Å². The van der Waals surface area contributed by atoms with E-state index in [0.29, 0.717) is 0 Å². The minimum absolute atomic E-state index is 0. The van der Waals surface area contributed by atoms with Crippen molar-refractivity contribution in [2.45, 2.75) is 18.3 Å². The standard InChI is InChI=1S/C5H12O6.Cr/c6-1-3(7)5(9)4(8)2-11-10;/h3-10H,1-2H2;/t3-,4+,5+;/m1./s1. The maximum atomic E-state index is 8.87. The summed E-state index contributed by atoms with van der Waals surface area (Å²) in [4.78, 5) is 3.52. The van der Waals surface area contributed by atoms with E-state index < -0.39 is 31.5 Å². The minimum Gasteiger partial charge on any atom is -0.394 e. The molecule has 12 heavy (non-hydrogen) atoms. The third kappa shape index (κ3) is 5.03. The van der Waals surface area contributed by atoms with Crippen molar-refractivity contribution in [1.29, 1.82) is 0 Å². The van der Waals surface area contributed by atoms with E-state index in [-0.39, 0.29) is 17.4 Å². The van der Waals surface area contributed by atoms with Crippen LogP contribution in [0.2, 0.25) is 0 Å². The second-order valence-electron chi connectivity index (χ2n) is 2.10. The number of hydrogen-bond donors (Lipinski definition) is 5. The molecule has 0 rings (SSSR count). The van der Waals surface area contributed by atoms with Crippen molar-refractivity contribution in [2.24, 2.45) is 0 Å². The Hall–Kier alpha value is 0.292. The van der Waals surface area contributed by atoms with Gasteiger partial charge in [-0.1, -0.05) is 0 Å². The van der Waals surface area contributed by atoms with Crippen LogP contribution in [-0.2, 0) is 22.2 Å². The van der Waals surface area contributed by atoms with Gasteiger partial charge in [0.2, 0.25) is 0 Å². The molecule has 5 N–H and O–H groups in total. The molecular weight excluding hydrogens is 208 g/mol. The zero-order valence-electron chi connectivity index (χ0n) is 6.20. The van der Waals surface area contributed by atoms with Crippen LogP contribution in [0.15, 0.2) is 0 Å². The Bertz CT molecular complexity index is 102. The quantitative estimate of drug-likeness (QED) is 0.260. The Morgan fingerprint density at radius 1 is 1.08 bits per heavy atom. The van der Waals surface area contributed by atoms with E-state index in [9.17, 15) is 0 Å². The van der Waals surface area contributed by atoms with Crippen molar-refractivity contribution in [2.75, 3.05) is 13.2 Å².